The zero-order chi connectivity index (χ0) is 5.44. The normalized spacial score (nSPS) is 43.3. The van der Waals surface area contributed by atoms with Crippen molar-refractivity contribution in [3.63, 3.8) is 0 Å². The van der Waals surface area contributed by atoms with Gasteiger partial charge in [0.2, 0.25) is 0 Å². The highest BCUT2D eigenvalue weighted by atomic mass is 15.4. The van der Waals surface area contributed by atoms with Gasteiger partial charge in [0.25, 0.3) is 0 Å². The summed E-state index contributed by atoms with van der Waals surface area (Å²) < 4.78 is 0. The van der Waals surface area contributed by atoms with E-state index in [0.29, 0.717) is 0 Å². The van der Waals surface area contributed by atoms with Gasteiger partial charge in [0.15, 0.2) is 0 Å². The molecule has 2 N–H and O–H groups in total. The van der Waals surface area contributed by atoms with E-state index >= 15 is 0 Å². The lowest BCUT2D eigenvalue weighted by Gasteiger charge is -2.03. The SMILES string of the molecule is CC(N)N1CC1C. The maximum atomic E-state index is 5.51. The Morgan fingerprint density at radius 1 is 1.86 bits per heavy atom. The largest absolute Gasteiger partial charge is 0.316 e. The molecule has 1 heterocycles. The van der Waals surface area contributed by atoms with Crippen molar-refractivity contribution in [2.75, 3.05) is 6.54 Å². The highest BCUT2D eigenvalue weighted by Gasteiger charge is 2.31. The van der Waals surface area contributed by atoms with Gasteiger partial charge in [-0.05, 0) is 13.8 Å². The molecular weight excluding hydrogens is 88.1 g/mol. The molecule has 1 fully saturated rings. The molecule has 0 aliphatic carbocycles. The van der Waals surface area contributed by atoms with Crippen LogP contribution >= 0.6 is 0 Å². The Kier molecular flexibility index (Phi) is 1.05. The van der Waals surface area contributed by atoms with E-state index in [9.17, 15) is 0 Å². The Morgan fingerprint density at radius 2 is 2.29 bits per heavy atom. The molecule has 0 amide bonds. The lowest BCUT2D eigenvalue weighted by molar-refractivity contribution is 0.412. The number of hydrogen-bond donors (Lipinski definition) is 1. The maximum Gasteiger partial charge on any atom is 0.0546 e. The fourth-order valence-electron chi connectivity index (χ4n) is 0.826. The number of nitrogens with two attached hydrogens (primary N) is 1. The third-order valence-electron chi connectivity index (χ3n) is 1.43. The summed E-state index contributed by atoms with van der Waals surface area (Å²) in [5.41, 5.74) is 5.51. The van der Waals surface area contributed by atoms with Crippen LogP contribution in [0.3, 0.4) is 0 Å². The molecule has 1 aliphatic rings. The molecule has 0 aromatic rings. The Labute approximate surface area is 44.3 Å². The van der Waals surface area contributed by atoms with Gasteiger partial charge in [-0.3, -0.25) is 4.90 Å². The first-order valence-corrected chi connectivity index (χ1v) is 2.73. The number of nitrogens with zero attached hydrogens (tertiary/aromatic N) is 1. The molecule has 0 spiro atoms. The van der Waals surface area contributed by atoms with Gasteiger partial charge in [-0.1, -0.05) is 0 Å². The molecule has 1 saturated heterocycles. The average molecular weight is 100 g/mol. The Hall–Kier alpha value is -0.0800. The Balaban J connectivity index is 2.20. The quantitative estimate of drug-likeness (QED) is 0.470. The second-order valence-electron chi connectivity index (χ2n) is 2.29. The molecule has 2 nitrogen and oxygen atoms in total. The van der Waals surface area contributed by atoms with E-state index in [1.807, 2.05) is 6.92 Å². The van der Waals surface area contributed by atoms with Crippen LogP contribution in [0.1, 0.15) is 13.8 Å². The van der Waals surface area contributed by atoms with Crippen molar-refractivity contribution in [1.29, 1.82) is 0 Å². The standard InChI is InChI=1S/C5H12N2/c1-4-3-7(4)5(2)6/h4-5H,3,6H2,1-2H3. The van der Waals surface area contributed by atoms with Crippen LogP contribution in [0.2, 0.25) is 0 Å². The van der Waals surface area contributed by atoms with Crippen LogP contribution in [0.15, 0.2) is 0 Å². The average Bonchev–Trinajstić information content (AvgIpc) is 2.17. The van der Waals surface area contributed by atoms with Crippen molar-refractivity contribution in [1.82, 2.24) is 4.90 Å². The minimum Gasteiger partial charge on any atom is -0.316 e. The summed E-state index contributed by atoms with van der Waals surface area (Å²) in [7, 11) is 0. The van der Waals surface area contributed by atoms with E-state index in [1.54, 1.807) is 0 Å². The fraction of sp³-hybridized carbons (Fsp3) is 1.00. The van der Waals surface area contributed by atoms with Crippen LogP contribution in [0, 0.1) is 0 Å². The zero-order valence-electron chi connectivity index (χ0n) is 4.89. The maximum absolute atomic E-state index is 5.51. The smallest absolute Gasteiger partial charge is 0.0546 e. The summed E-state index contributed by atoms with van der Waals surface area (Å²) in [6, 6.07) is 0.750. The molecule has 42 valence electrons. The van der Waals surface area contributed by atoms with Crippen LogP contribution in [-0.2, 0) is 0 Å². The molecule has 0 radical (unpaired) electrons. The van der Waals surface area contributed by atoms with Crippen LogP contribution in [0.25, 0.3) is 0 Å². The van der Waals surface area contributed by atoms with Crippen molar-refractivity contribution in [2.45, 2.75) is 26.1 Å². The van der Waals surface area contributed by atoms with E-state index < -0.39 is 0 Å². The summed E-state index contributed by atoms with van der Waals surface area (Å²) in [4.78, 5) is 2.24. The first-order chi connectivity index (χ1) is 3.22. The third-order valence-corrected chi connectivity index (χ3v) is 1.43. The molecule has 0 aromatic heterocycles. The van der Waals surface area contributed by atoms with E-state index in [1.165, 1.54) is 6.54 Å². The van der Waals surface area contributed by atoms with Crippen LogP contribution < -0.4 is 5.73 Å². The van der Waals surface area contributed by atoms with Crippen molar-refractivity contribution >= 4 is 0 Å². The van der Waals surface area contributed by atoms with Gasteiger partial charge in [-0.15, -0.1) is 0 Å². The highest BCUT2D eigenvalue weighted by molar-refractivity contribution is 4.86. The van der Waals surface area contributed by atoms with E-state index in [0.717, 1.165) is 6.04 Å². The van der Waals surface area contributed by atoms with E-state index in [4.69, 9.17) is 5.73 Å². The predicted molar refractivity (Wildman–Crippen MR) is 29.8 cm³/mol. The molecule has 0 aromatic carbocycles. The summed E-state index contributed by atoms with van der Waals surface area (Å²) in [6.45, 7) is 5.39. The van der Waals surface area contributed by atoms with Crippen LogP contribution in [0.4, 0.5) is 0 Å². The Morgan fingerprint density at radius 3 is 2.29 bits per heavy atom. The van der Waals surface area contributed by atoms with Gasteiger partial charge in [0.1, 0.15) is 0 Å². The molecule has 3 unspecified atom stereocenters. The number of rotatable bonds is 1. The van der Waals surface area contributed by atoms with Crippen LogP contribution in [0.5, 0.6) is 0 Å². The minimum atomic E-state index is 0.273. The molecule has 3 atom stereocenters. The second-order valence-corrected chi connectivity index (χ2v) is 2.29. The molecule has 0 bridgehead atoms. The van der Waals surface area contributed by atoms with Crippen molar-refractivity contribution < 1.29 is 0 Å². The van der Waals surface area contributed by atoms with Gasteiger partial charge in [0, 0.05) is 12.6 Å². The molecule has 7 heavy (non-hydrogen) atoms. The summed E-state index contributed by atoms with van der Waals surface area (Å²) in [5, 5.41) is 0. The van der Waals surface area contributed by atoms with Crippen molar-refractivity contribution in [2.24, 2.45) is 5.73 Å². The molecule has 1 rings (SSSR count). The summed E-state index contributed by atoms with van der Waals surface area (Å²) in [6.07, 6.45) is 0.273. The van der Waals surface area contributed by atoms with Crippen LogP contribution in [-0.4, -0.2) is 23.7 Å². The second kappa shape index (κ2) is 1.46. The van der Waals surface area contributed by atoms with E-state index in [-0.39, 0.29) is 6.17 Å². The van der Waals surface area contributed by atoms with Gasteiger partial charge < -0.3 is 5.73 Å². The Bertz CT molecular complexity index is 70.5. The highest BCUT2D eigenvalue weighted by Crippen LogP contribution is 2.16. The van der Waals surface area contributed by atoms with E-state index in [2.05, 4.69) is 11.8 Å². The van der Waals surface area contributed by atoms with Crippen molar-refractivity contribution in [3.8, 4) is 0 Å². The van der Waals surface area contributed by atoms with Gasteiger partial charge in [-0.2, -0.15) is 0 Å². The zero-order valence-corrected chi connectivity index (χ0v) is 4.89. The lowest BCUT2D eigenvalue weighted by atomic mass is 10.5. The number of hydrogen-bond acceptors (Lipinski definition) is 2. The lowest BCUT2D eigenvalue weighted by Crippen LogP contribution is -2.25. The van der Waals surface area contributed by atoms with Gasteiger partial charge in [0.05, 0.1) is 6.17 Å². The summed E-state index contributed by atoms with van der Waals surface area (Å²) in [5.74, 6) is 0. The van der Waals surface area contributed by atoms with Gasteiger partial charge in [-0.25, -0.2) is 0 Å². The molecule has 0 saturated carbocycles. The van der Waals surface area contributed by atoms with Gasteiger partial charge >= 0.3 is 0 Å². The first-order valence-electron chi connectivity index (χ1n) is 2.73. The topological polar surface area (TPSA) is 29.0 Å². The van der Waals surface area contributed by atoms with Crippen molar-refractivity contribution in [3.05, 3.63) is 0 Å². The summed E-state index contributed by atoms with van der Waals surface area (Å²) >= 11 is 0. The predicted octanol–water partition coefficient (Wildman–Crippen LogP) is -0.00480. The molecular formula is C5H12N2. The molecule has 2 heteroatoms. The minimum absolute atomic E-state index is 0.273. The fourth-order valence-corrected chi connectivity index (χ4v) is 0.826. The third kappa shape index (κ3) is 0.924. The first kappa shape index (κ1) is 5.06. The monoisotopic (exact) mass is 100 g/mol. The molecule has 1 aliphatic heterocycles.